The molecule has 0 saturated carbocycles. The number of rotatable bonds is 7. The highest BCUT2D eigenvalue weighted by molar-refractivity contribution is 5.93. The molecule has 3 rings (SSSR count). The lowest BCUT2D eigenvalue weighted by atomic mass is 10.1. The van der Waals surface area contributed by atoms with Crippen molar-refractivity contribution in [2.75, 3.05) is 19.0 Å². The predicted molar refractivity (Wildman–Crippen MR) is 110 cm³/mol. The Morgan fingerprint density at radius 3 is 2.57 bits per heavy atom. The maximum Gasteiger partial charge on any atom is 0.254 e. The Labute approximate surface area is 165 Å². The van der Waals surface area contributed by atoms with E-state index in [4.69, 9.17) is 4.74 Å². The van der Waals surface area contributed by atoms with Crippen LogP contribution < -0.4 is 15.4 Å². The topological polar surface area (TPSA) is 76.1 Å². The number of aromatic nitrogens is 2. The first-order chi connectivity index (χ1) is 13.5. The summed E-state index contributed by atoms with van der Waals surface area (Å²) in [5.74, 6) is 1.07. The van der Waals surface area contributed by atoms with E-state index < -0.39 is 0 Å². The minimum absolute atomic E-state index is 0.194. The molecular weight excluding hydrogens is 352 g/mol. The molecule has 2 N–H and O–H groups in total. The van der Waals surface area contributed by atoms with Gasteiger partial charge in [0.15, 0.2) is 0 Å². The van der Waals surface area contributed by atoms with Crippen LogP contribution in [0.4, 0.5) is 11.6 Å². The molecule has 1 amide bonds. The number of nitrogens with one attached hydrogen (secondary N) is 2. The normalized spacial score (nSPS) is 10.4. The van der Waals surface area contributed by atoms with Crippen LogP contribution in [0.1, 0.15) is 27.0 Å². The first-order valence-electron chi connectivity index (χ1n) is 9.12. The van der Waals surface area contributed by atoms with Gasteiger partial charge in [0.1, 0.15) is 5.75 Å². The van der Waals surface area contributed by atoms with Crippen LogP contribution in [-0.4, -0.2) is 29.5 Å². The van der Waals surface area contributed by atoms with Crippen molar-refractivity contribution in [2.24, 2.45) is 0 Å². The molecule has 0 unspecified atom stereocenters. The predicted octanol–water partition coefficient (Wildman–Crippen LogP) is 3.82. The zero-order valence-corrected chi connectivity index (χ0v) is 16.3. The van der Waals surface area contributed by atoms with Gasteiger partial charge in [-0.25, -0.2) is 9.97 Å². The van der Waals surface area contributed by atoms with Crippen molar-refractivity contribution in [2.45, 2.75) is 20.3 Å². The molecule has 0 radical (unpaired) electrons. The van der Waals surface area contributed by atoms with Gasteiger partial charge in [0, 0.05) is 24.6 Å². The summed E-state index contributed by atoms with van der Waals surface area (Å²) < 4.78 is 5.21. The van der Waals surface area contributed by atoms with Gasteiger partial charge in [-0.2, -0.15) is 0 Å². The Hall–Kier alpha value is -3.41. The van der Waals surface area contributed by atoms with Crippen molar-refractivity contribution < 1.29 is 9.53 Å². The molecule has 0 bridgehead atoms. The quantitative estimate of drug-likeness (QED) is 0.656. The highest BCUT2D eigenvalue weighted by atomic mass is 16.5. The van der Waals surface area contributed by atoms with Gasteiger partial charge in [0.05, 0.1) is 12.7 Å². The summed E-state index contributed by atoms with van der Waals surface area (Å²) in [6, 6.07) is 13.9. The number of carbonyl (C=O) groups is 1. The summed E-state index contributed by atoms with van der Waals surface area (Å²) in [6.45, 7) is 4.60. The monoisotopic (exact) mass is 376 g/mol. The fourth-order valence-corrected chi connectivity index (χ4v) is 2.83. The van der Waals surface area contributed by atoms with Gasteiger partial charge < -0.3 is 15.4 Å². The number of anilines is 2. The second kappa shape index (κ2) is 8.99. The molecule has 0 atom stereocenters. The van der Waals surface area contributed by atoms with E-state index in [9.17, 15) is 4.79 Å². The highest BCUT2D eigenvalue weighted by Gasteiger charge is 2.08. The van der Waals surface area contributed by atoms with Crippen LogP contribution in [0.15, 0.2) is 54.9 Å². The van der Waals surface area contributed by atoms with E-state index in [1.165, 1.54) is 18.0 Å². The number of benzene rings is 2. The maximum atomic E-state index is 12.3. The molecule has 3 aromatic rings. The van der Waals surface area contributed by atoms with Gasteiger partial charge in [-0.15, -0.1) is 0 Å². The fourth-order valence-electron chi connectivity index (χ4n) is 2.83. The van der Waals surface area contributed by atoms with Gasteiger partial charge in [-0.1, -0.05) is 29.8 Å². The van der Waals surface area contributed by atoms with Gasteiger partial charge in [0.25, 0.3) is 5.91 Å². The number of amides is 1. The van der Waals surface area contributed by atoms with E-state index in [2.05, 4.69) is 33.6 Å². The van der Waals surface area contributed by atoms with E-state index in [1.54, 1.807) is 7.11 Å². The Kier molecular flexibility index (Phi) is 6.22. The Balaban J connectivity index is 1.54. The molecule has 1 heterocycles. The number of carbonyl (C=O) groups excluding carboxylic acids is 1. The SMILES string of the molecule is COc1cccc(CCNC(=O)c2cnc(Nc3ccc(C)cc3C)nc2)c1. The van der Waals surface area contributed by atoms with E-state index >= 15 is 0 Å². The van der Waals surface area contributed by atoms with E-state index in [-0.39, 0.29) is 5.91 Å². The van der Waals surface area contributed by atoms with Gasteiger partial charge >= 0.3 is 0 Å². The lowest BCUT2D eigenvalue weighted by Gasteiger charge is -2.09. The van der Waals surface area contributed by atoms with Crippen molar-refractivity contribution in [3.63, 3.8) is 0 Å². The van der Waals surface area contributed by atoms with Crippen LogP contribution >= 0.6 is 0 Å². The van der Waals surface area contributed by atoms with Crippen molar-refractivity contribution in [3.8, 4) is 5.75 Å². The summed E-state index contributed by atoms with van der Waals surface area (Å²) in [5.41, 5.74) is 4.79. The Bertz CT molecular complexity index is 955. The van der Waals surface area contributed by atoms with Crippen LogP contribution in [-0.2, 0) is 6.42 Å². The molecule has 1 aromatic heterocycles. The third kappa shape index (κ3) is 5.07. The van der Waals surface area contributed by atoms with Crippen LogP contribution in [0.25, 0.3) is 0 Å². The smallest absolute Gasteiger partial charge is 0.254 e. The number of aryl methyl sites for hydroxylation is 2. The molecule has 0 aliphatic carbocycles. The first-order valence-corrected chi connectivity index (χ1v) is 9.12. The van der Waals surface area contributed by atoms with Crippen molar-refractivity contribution in [3.05, 3.63) is 77.1 Å². The molecule has 28 heavy (non-hydrogen) atoms. The average Bonchev–Trinajstić information content (AvgIpc) is 2.71. The van der Waals surface area contributed by atoms with E-state index in [0.717, 1.165) is 29.0 Å². The fraction of sp³-hybridized carbons (Fsp3) is 0.227. The molecule has 0 spiro atoms. The van der Waals surface area contributed by atoms with Crippen LogP contribution in [0, 0.1) is 13.8 Å². The number of methoxy groups -OCH3 is 1. The van der Waals surface area contributed by atoms with E-state index in [0.29, 0.717) is 18.1 Å². The zero-order chi connectivity index (χ0) is 19.9. The Morgan fingerprint density at radius 1 is 1.07 bits per heavy atom. The first kappa shape index (κ1) is 19.4. The largest absolute Gasteiger partial charge is 0.497 e. The average molecular weight is 376 g/mol. The standard InChI is InChI=1S/C22H24N4O2/c1-15-7-8-20(16(2)11-15)26-22-24-13-18(14-25-22)21(27)23-10-9-17-5-4-6-19(12-17)28-3/h4-8,11-14H,9-10H2,1-3H3,(H,23,27)(H,24,25,26). The highest BCUT2D eigenvalue weighted by Crippen LogP contribution is 2.19. The van der Waals surface area contributed by atoms with Gasteiger partial charge in [-0.3, -0.25) is 4.79 Å². The second-order valence-electron chi connectivity index (χ2n) is 6.60. The molecular formula is C22H24N4O2. The number of hydrogen-bond acceptors (Lipinski definition) is 5. The van der Waals surface area contributed by atoms with E-state index in [1.807, 2.05) is 43.3 Å². The molecule has 6 nitrogen and oxygen atoms in total. The number of hydrogen-bond donors (Lipinski definition) is 2. The third-order valence-electron chi connectivity index (χ3n) is 4.38. The number of ether oxygens (including phenoxy) is 1. The molecule has 0 saturated heterocycles. The molecule has 2 aromatic carbocycles. The van der Waals surface area contributed by atoms with Crippen molar-refractivity contribution in [1.29, 1.82) is 0 Å². The minimum Gasteiger partial charge on any atom is -0.497 e. The summed E-state index contributed by atoms with van der Waals surface area (Å²) in [6.07, 6.45) is 3.77. The summed E-state index contributed by atoms with van der Waals surface area (Å²) in [5, 5.41) is 6.06. The molecule has 0 aliphatic rings. The summed E-state index contributed by atoms with van der Waals surface area (Å²) in [4.78, 5) is 20.8. The summed E-state index contributed by atoms with van der Waals surface area (Å²) in [7, 11) is 1.64. The minimum atomic E-state index is -0.194. The zero-order valence-electron chi connectivity index (χ0n) is 16.3. The van der Waals surface area contributed by atoms with Crippen LogP contribution in [0.2, 0.25) is 0 Å². The molecule has 144 valence electrons. The van der Waals surface area contributed by atoms with Gasteiger partial charge in [0.2, 0.25) is 5.95 Å². The van der Waals surface area contributed by atoms with Crippen molar-refractivity contribution >= 4 is 17.5 Å². The molecule has 0 aliphatic heterocycles. The van der Waals surface area contributed by atoms with Crippen LogP contribution in [0.3, 0.4) is 0 Å². The third-order valence-corrected chi connectivity index (χ3v) is 4.38. The number of nitrogens with zero attached hydrogens (tertiary/aromatic N) is 2. The van der Waals surface area contributed by atoms with Crippen LogP contribution in [0.5, 0.6) is 5.75 Å². The lowest BCUT2D eigenvalue weighted by Crippen LogP contribution is -2.26. The lowest BCUT2D eigenvalue weighted by molar-refractivity contribution is 0.0953. The van der Waals surface area contributed by atoms with Crippen molar-refractivity contribution in [1.82, 2.24) is 15.3 Å². The molecule has 0 fully saturated rings. The maximum absolute atomic E-state index is 12.3. The second-order valence-corrected chi connectivity index (χ2v) is 6.60. The van der Waals surface area contributed by atoms with Gasteiger partial charge in [-0.05, 0) is 49.6 Å². The Morgan fingerprint density at radius 2 is 1.86 bits per heavy atom. The summed E-state index contributed by atoms with van der Waals surface area (Å²) >= 11 is 0. The molecule has 6 heteroatoms.